The molecule has 1 unspecified atom stereocenters. The number of carbonyl (C=O) groups is 3. The van der Waals surface area contributed by atoms with E-state index in [9.17, 15) is 14.4 Å². The molecule has 0 aromatic heterocycles. The van der Waals surface area contributed by atoms with E-state index in [2.05, 4.69) is 19.0 Å². The number of likely N-dealkylation sites (tertiary alicyclic amines) is 1. The van der Waals surface area contributed by atoms with E-state index in [4.69, 9.17) is 5.73 Å². The second-order valence-electron chi connectivity index (χ2n) is 10.7. The fraction of sp³-hybridized carbons (Fsp3) is 0.607. The van der Waals surface area contributed by atoms with Gasteiger partial charge in [0.25, 0.3) is 0 Å². The molecule has 1 heterocycles. The first kappa shape index (κ1) is 27.9. The second-order valence-corrected chi connectivity index (χ2v) is 10.7. The normalized spacial score (nSPS) is 18.7. The molecule has 3 amide bonds. The lowest BCUT2D eigenvalue weighted by Gasteiger charge is -2.38. The summed E-state index contributed by atoms with van der Waals surface area (Å²) in [6.45, 7) is 1.27. The van der Waals surface area contributed by atoms with E-state index in [-0.39, 0.29) is 29.8 Å². The number of nitrogens with two attached hydrogens (primary N) is 1. The summed E-state index contributed by atoms with van der Waals surface area (Å²) in [5.74, 6) is -0.531. The van der Waals surface area contributed by atoms with E-state index in [0.29, 0.717) is 32.0 Å². The van der Waals surface area contributed by atoms with Crippen LogP contribution in [0.25, 0.3) is 0 Å². The Morgan fingerprint density at radius 3 is 2.28 bits per heavy atom. The number of carbonyl (C=O) groups excluding carboxylic acids is 3. The van der Waals surface area contributed by atoms with Gasteiger partial charge < -0.3 is 25.3 Å². The van der Waals surface area contributed by atoms with Crippen molar-refractivity contribution in [2.24, 2.45) is 5.73 Å². The van der Waals surface area contributed by atoms with Crippen LogP contribution in [0.1, 0.15) is 44.1 Å². The highest BCUT2D eigenvalue weighted by Gasteiger charge is 2.34. The van der Waals surface area contributed by atoms with Crippen LogP contribution in [0.4, 0.5) is 0 Å². The van der Waals surface area contributed by atoms with E-state index >= 15 is 0 Å². The van der Waals surface area contributed by atoms with E-state index in [1.54, 1.807) is 14.1 Å². The molecular weight excluding hydrogens is 454 g/mol. The molecule has 2 aliphatic rings. The molecule has 2 N–H and O–H groups in total. The van der Waals surface area contributed by atoms with Gasteiger partial charge in [0, 0.05) is 45.2 Å². The molecule has 1 saturated carbocycles. The zero-order chi connectivity index (χ0) is 26.3. The number of rotatable bonds is 10. The topological polar surface area (TPSA) is 90.2 Å². The molecular formula is C28H43N5O3. The minimum absolute atomic E-state index is 0.0328. The fourth-order valence-corrected chi connectivity index (χ4v) is 4.96. The lowest BCUT2D eigenvalue weighted by molar-refractivity contribution is -0.146. The zero-order valence-electron chi connectivity index (χ0n) is 22.4. The van der Waals surface area contributed by atoms with Crippen molar-refractivity contribution in [3.8, 4) is 0 Å². The molecule has 0 bridgehead atoms. The van der Waals surface area contributed by atoms with Crippen LogP contribution in [0.2, 0.25) is 0 Å². The molecule has 36 heavy (non-hydrogen) atoms. The predicted molar refractivity (Wildman–Crippen MR) is 142 cm³/mol. The summed E-state index contributed by atoms with van der Waals surface area (Å²) in [7, 11) is 7.42. The average Bonchev–Trinajstić information content (AvgIpc) is 2.85. The highest BCUT2D eigenvalue weighted by Crippen LogP contribution is 2.32. The van der Waals surface area contributed by atoms with Crippen molar-refractivity contribution in [1.82, 2.24) is 19.6 Å². The Labute approximate surface area is 216 Å². The first-order chi connectivity index (χ1) is 17.1. The summed E-state index contributed by atoms with van der Waals surface area (Å²) < 4.78 is 0. The number of piperidine rings is 1. The standard InChI is InChI=1S/C28H43N5O3/c1-30(2)23-13-18-33(19-14-23)27(36)24(20-22-10-6-5-7-11-22)32(4)26(35)21-31(3)25(34)12-8-15-28(29)16-9-17-28/h5-8,10-12,23-24H,9,13-21,29H2,1-4H3/b12-8+. The van der Waals surface area contributed by atoms with Crippen LogP contribution in [0.15, 0.2) is 42.5 Å². The molecule has 0 radical (unpaired) electrons. The molecule has 1 aromatic carbocycles. The van der Waals surface area contributed by atoms with Crippen molar-refractivity contribution in [1.29, 1.82) is 0 Å². The van der Waals surface area contributed by atoms with Crippen molar-refractivity contribution >= 4 is 17.7 Å². The van der Waals surface area contributed by atoms with Gasteiger partial charge in [0.2, 0.25) is 17.7 Å². The van der Waals surface area contributed by atoms with Gasteiger partial charge in [-0.15, -0.1) is 0 Å². The van der Waals surface area contributed by atoms with Gasteiger partial charge in [-0.05, 0) is 64.3 Å². The number of likely N-dealkylation sites (N-methyl/N-ethyl adjacent to an activating group) is 2. The molecule has 8 heteroatoms. The van der Waals surface area contributed by atoms with Crippen LogP contribution in [0, 0.1) is 0 Å². The molecule has 8 nitrogen and oxygen atoms in total. The van der Waals surface area contributed by atoms with Crippen LogP contribution in [-0.4, -0.2) is 103 Å². The summed E-state index contributed by atoms with van der Waals surface area (Å²) in [5.41, 5.74) is 7.03. The van der Waals surface area contributed by atoms with Crippen molar-refractivity contribution in [2.45, 2.75) is 62.6 Å². The third-order valence-corrected chi connectivity index (χ3v) is 7.81. The lowest BCUT2D eigenvalue weighted by atomic mass is 9.75. The summed E-state index contributed by atoms with van der Waals surface area (Å²) in [5, 5.41) is 0. The smallest absolute Gasteiger partial charge is 0.246 e. The van der Waals surface area contributed by atoms with Gasteiger partial charge in [-0.25, -0.2) is 0 Å². The quantitative estimate of drug-likeness (QED) is 0.499. The maximum absolute atomic E-state index is 13.6. The average molecular weight is 498 g/mol. The van der Waals surface area contributed by atoms with Gasteiger partial charge >= 0.3 is 0 Å². The number of hydrogen-bond donors (Lipinski definition) is 1. The third-order valence-electron chi connectivity index (χ3n) is 7.81. The van der Waals surface area contributed by atoms with Crippen molar-refractivity contribution in [3.63, 3.8) is 0 Å². The second kappa shape index (κ2) is 12.5. The molecule has 1 aliphatic carbocycles. The molecule has 1 aliphatic heterocycles. The first-order valence-corrected chi connectivity index (χ1v) is 13.0. The van der Waals surface area contributed by atoms with Gasteiger partial charge in [-0.2, -0.15) is 0 Å². The molecule has 2 fully saturated rings. The molecule has 1 aromatic rings. The maximum Gasteiger partial charge on any atom is 0.246 e. The number of benzene rings is 1. The van der Waals surface area contributed by atoms with Crippen molar-refractivity contribution < 1.29 is 14.4 Å². The van der Waals surface area contributed by atoms with Gasteiger partial charge in [0.1, 0.15) is 6.04 Å². The van der Waals surface area contributed by atoms with Crippen molar-refractivity contribution in [3.05, 3.63) is 48.0 Å². The van der Waals surface area contributed by atoms with Crippen molar-refractivity contribution in [2.75, 3.05) is 47.8 Å². The van der Waals surface area contributed by atoms with Gasteiger partial charge in [-0.1, -0.05) is 36.4 Å². The largest absolute Gasteiger partial charge is 0.341 e. The van der Waals surface area contributed by atoms with Gasteiger partial charge in [0.05, 0.1) is 6.54 Å². The van der Waals surface area contributed by atoms with Gasteiger partial charge in [0.15, 0.2) is 0 Å². The van der Waals surface area contributed by atoms with Crippen LogP contribution in [0.5, 0.6) is 0 Å². The molecule has 198 valence electrons. The number of amides is 3. The number of nitrogens with zero attached hydrogens (tertiary/aromatic N) is 4. The van der Waals surface area contributed by atoms with E-state index < -0.39 is 6.04 Å². The van der Waals surface area contributed by atoms with E-state index in [1.807, 2.05) is 41.3 Å². The Balaban J connectivity index is 1.63. The van der Waals surface area contributed by atoms with Crippen LogP contribution in [-0.2, 0) is 20.8 Å². The minimum atomic E-state index is -0.620. The highest BCUT2D eigenvalue weighted by atomic mass is 16.2. The summed E-state index contributed by atoms with van der Waals surface area (Å²) in [6, 6.07) is 9.61. The summed E-state index contributed by atoms with van der Waals surface area (Å²) in [6.07, 6.45) is 9.35. The molecule has 1 atom stereocenters. The summed E-state index contributed by atoms with van der Waals surface area (Å²) >= 11 is 0. The highest BCUT2D eigenvalue weighted by molar-refractivity contribution is 5.93. The van der Waals surface area contributed by atoms with E-state index in [0.717, 1.165) is 37.7 Å². The minimum Gasteiger partial charge on any atom is -0.341 e. The Morgan fingerprint density at radius 2 is 1.72 bits per heavy atom. The van der Waals surface area contributed by atoms with E-state index in [1.165, 1.54) is 15.9 Å². The zero-order valence-corrected chi connectivity index (χ0v) is 22.4. The fourth-order valence-electron chi connectivity index (χ4n) is 4.96. The Morgan fingerprint density at radius 1 is 1.08 bits per heavy atom. The van der Waals surface area contributed by atoms with Crippen LogP contribution < -0.4 is 5.73 Å². The molecule has 0 spiro atoms. The van der Waals surface area contributed by atoms with Crippen LogP contribution >= 0.6 is 0 Å². The lowest BCUT2D eigenvalue weighted by Crippen LogP contribution is -2.55. The molecule has 1 saturated heterocycles. The monoisotopic (exact) mass is 497 g/mol. The predicted octanol–water partition coefficient (Wildman–Crippen LogP) is 1.89. The van der Waals surface area contributed by atoms with Gasteiger partial charge in [-0.3, -0.25) is 14.4 Å². The van der Waals surface area contributed by atoms with Crippen LogP contribution in [0.3, 0.4) is 0 Å². The maximum atomic E-state index is 13.6. The molecule has 3 rings (SSSR count). The Bertz CT molecular complexity index is 920. The third kappa shape index (κ3) is 7.40. The Kier molecular flexibility index (Phi) is 9.68. The SMILES string of the molecule is CN(CC(=O)N(C)C(Cc1ccccc1)C(=O)N1CCC(N(C)C)CC1)C(=O)/C=C/CC1(N)CCC1. The summed E-state index contributed by atoms with van der Waals surface area (Å²) in [4.78, 5) is 46.4. The Hall–Kier alpha value is -2.71. The number of hydrogen-bond acceptors (Lipinski definition) is 5. The first-order valence-electron chi connectivity index (χ1n) is 13.0.